The number of aromatic nitrogens is 2. The molecule has 19 heavy (non-hydrogen) atoms. The summed E-state index contributed by atoms with van der Waals surface area (Å²) in [6.45, 7) is 4.81. The van der Waals surface area contributed by atoms with Crippen molar-refractivity contribution in [3.63, 3.8) is 0 Å². The van der Waals surface area contributed by atoms with Crippen molar-refractivity contribution in [2.75, 3.05) is 19.0 Å². The molecule has 0 unspecified atom stereocenters. The molecule has 1 N–H and O–H groups in total. The molecule has 0 amide bonds. The quantitative estimate of drug-likeness (QED) is 0.866. The Labute approximate surface area is 113 Å². The van der Waals surface area contributed by atoms with Gasteiger partial charge in [0.25, 0.3) is 0 Å². The molecule has 5 nitrogen and oxygen atoms in total. The number of ether oxygens (including phenoxy) is 1. The third-order valence-corrected chi connectivity index (χ3v) is 2.78. The second-order valence-corrected chi connectivity index (χ2v) is 4.64. The lowest BCUT2D eigenvalue weighted by Crippen LogP contribution is -2.05. The summed E-state index contributed by atoms with van der Waals surface area (Å²) >= 11 is 0. The number of benzene rings is 1. The molecule has 0 atom stereocenters. The minimum atomic E-state index is 0.276. The van der Waals surface area contributed by atoms with Crippen LogP contribution in [0.3, 0.4) is 0 Å². The van der Waals surface area contributed by atoms with E-state index < -0.39 is 0 Å². The van der Waals surface area contributed by atoms with Crippen LogP contribution < -0.4 is 10.1 Å². The minimum Gasteiger partial charge on any atom is -0.497 e. The average Bonchev–Trinajstić information content (AvgIpc) is 2.88. The molecule has 0 saturated heterocycles. The van der Waals surface area contributed by atoms with Crippen molar-refractivity contribution in [2.24, 2.45) is 0 Å². The van der Waals surface area contributed by atoms with E-state index in [0.717, 1.165) is 24.5 Å². The Bertz CT molecular complexity index is 523. The molecule has 2 rings (SSSR count). The predicted molar refractivity (Wildman–Crippen MR) is 73.6 cm³/mol. The van der Waals surface area contributed by atoms with Crippen molar-refractivity contribution in [2.45, 2.75) is 26.2 Å². The Morgan fingerprint density at radius 2 is 2.21 bits per heavy atom. The van der Waals surface area contributed by atoms with Crippen molar-refractivity contribution in [1.82, 2.24) is 10.1 Å². The summed E-state index contributed by atoms with van der Waals surface area (Å²) in [5.74, 6) is 1.87. The maximum Gasteiger partial charge on any atom is 0.321 e. The van der Waals surface area contributed by atoms with Gasteiger partial charge in [-0.15, -0.1) is 0 Å². The molecule has 1 heterocycles. The van der Waals surface area contributed by atoms with Crippen LogP contribution in [0.2, 0.25) is 0 Å². The van der Waals surface area contributed by atoms with Crippen LogP contribution in [-0.4, -0.2) is 23.8 Å². The van der Waals surface area contributed by atoms with E-state index in [9.17, 15) is 0 Å². The Balaban J connectivity index is 1.85. The molecule has 0 aliphatic heterocycles. The van der Waals surface area contributed by atoms with E-state index in [-0.39, 0.29) is 5.92 Å². The molecule has 0 aliphatic rings. The summed E-state index contributed by atoms with van der Waals surface area (Å²) in [6.07, 6.45) is 0.872. The number of anilines is 1. The molecule has 102 valence electrons. The average molecular weight is 261 g/mol. The second kappa shape index (κ2) is 6.22. The van der Waals surface area contributed by atoms with Crippen LogP contribution >= 0.6 is 0 Å². The second-order valence-electron chi connectivity index (χ2n) is 4.64. The Kier molecular flexibility index (Phi) is 4.39. The molecule has 1 aromatic heterocycles. The molecule has 5 heteroatoms. The van der Waals surface area contributed by atoms with Gasteiger partial charge in [0.15, 0.2) is 5.82 Å². The Morgan fingerprint density at radius 1 is 1.37 bits per heavy atom. The van der Waals surface area contributed by atoms with E-state index in [4.69, 9.17) is 9.26 Å². The zero-order valence-corrected chi connectivity index (χ0v) is 11.5. The topological polar surface area (TPSA) is 60.2 Å². The van der Waals surface area contributed by atoms with Crippen molar-refractivity contribution in [3.05, 3.63) is 35.7 Å². The zero-order valence-electron chi connectivity index (χ0n) is 11.5. The van der Waals surface area contributed by atoms with Gasteiger partial charge in [-0.05, 0) is 24.1 Å². The lowest BCUT2D eigenvalue weighted by atomic mass is 10.1. The first-order valence-electron chi connectivity index (χ1n) is 6.39. The van der Waals surface area contributed by atoms with Crippen LogP contribution in [0.15, 0.2) is 28.8 Å². The van der Waals surface area contributed by atoms with Crippen LogP contribution in [0.1, 0.15) is 31.2 Å². The summed E-state index contributed by atoms with van der Waals surface area (Å²) in [5.41, 5.74) is 1.20. The van der Waals surface area contributed by atoms with Crippen molar-refractivity contribution in [3.8, 4) is 5.75 Å². The van der Waals surface area contributed by atoms with Gasteiger partial charge in [-0.1, -0.05) is 31.1 Å². The molecule has 2 aromatic rings. The number of hydrogen-bond donors (Lipinski definition) is 1. The standard InChI is InChI=1S/C14H19N3O2/c1-10(2)13-16-14(19-17-13)15-8-7-11-5-4-6-12(9-11)18-3/h4-6,9-10H,7-8H2,1-3H3,(H,15,16,17). The summed E-state index contributed by atoms with van der Waals surface area (Å²) < 4.78 is 10.3. The summed E-state index contributed by atoms with van der Waals surface area (Å²) in [7, 11) is 1.67. The molecular formula is C14H19N3O2. The third kappa shape index (κ3) is 3.71. The van der Waals surface area contributed by atoms with Crippen LogP contribution in [0.5, 0.6) is 5.75 Å². The first-order valence-corrected chi connectivity index (χ1v) is 6.39. The van der Waals surface area contributed by atoms with Crippen LogP contribution in [-0.2, 0) is 6.42 Å². The van der Waals surface area contributed by atoms with Gasteiger partial charge in [0.1, 0.15) is 5.75 Å². The van der Waals surface area contributed by atoms with E-state index in [1.165, 1.54) is 5.56 Å². The molecular weight excluding hydrogens is 242 g/mol. The van der Waals surface area contributed by atoms with Crippen LogP contribution in [0, 0.1) is 0 Å². The van der Waals surface area contributed by atoms with Crippen molar-refractivity contribution >= 4 is 6.01 Å². The summed E-state index contributed by atoms with van der Waals surface area (Å²) in [4.78, 5) is 4.26. The van der Waals surface area contributed by atoms with Crippen LogP contribution in [0.25, 0.3) is 0 Å². The van der Waals surface area contributed by atoms with Gasteiger partial charge >= 0.3 is 6.01 Å². The normalized spacial score (nSPS) is 10.7. The Hall–Kier alpha value is -2.04. The van der Waals surface area contributed by atoms with E-state index in [0.29, 0.717) is 6.01 Å². The van der Waals surface area contributed by atoms with Crippen molar-refractivity contribution < 1.29 is 9.26 Å². The maximum atomic E-state index is 5.19. The zero-order chi connectivity index (χ0) is 13.7. The van der Waals surface area contributed by atoms with E-state index in [1.807, 2.05) is 32.0 Å². The number of nitrogens with zero attached hydrogens (tertiary/aromatic N) is 2. The fraction of sp³-hybridized carbons (Fsp3) is 0.429. The molecule has 0 fully saturated rings. The van der Waals surface area contributed by atoms with E-state index in [2.05, 4.69) is 21.5 Å². The van der Waals surface area contributed by atoms with Gasteiger partial charge in [-0.3, -0.25) is 0 Å². The van der Waals surface area contributed by atoms with Gasteiger partial charge in [0.05, 0.1) is 7.11 Å². The summed E-state index contributed by atoms with van der Waals surface area (Å²) in [5, 5.41) is 7.02. The largest absolute Gasteiger partial charge is 0.497 e. The highest BCUT2D eigenvalue weighted by Crippen LogP contribution is 2.14. The molecule has 0 spiro atoms. The van der Waals surface area contributed by atoms with E-state index >= 15 is 0 Å². The van der Waals surface area contributed by atoms with Gasteiger partial charge < -0.3 is 14.6 Å². The van der Waals surface area contributed by atoms with Gasteiger partial charge in [0, 0.05) is 12.5 Å². The lowest BCUT2D eigenvalue weighted by Gasteiger charge is -2.04. The molecule has 0 saturated carbocycles. The minimum absolute atomic E-state index is 0.276. The number of nitrogens with one attached hydrogen (secondary N) is 1. The fourth-order valence-electron chi connectivity index (χ4n) is 1.68. The van der Waals surface area contributed by atoms with Gasteiger partial charge in [-0.25, -0.2) is 0 Å². The molecule has 0 bridgehead atoms. The first-order chi connectivity index (χ1) is 9.19. The van der Waals surface area contributed by atoms with E-state index in [1.54, 1.807) is 7.11 Å². The lowest BCUT2D eigenvalue weighted by molar-refractivity contribution is 0.414. The maximum absolute atomic E-state index is 5.19. The number of methoxy groups -OCH3 is 1. The molecule has 1 aromatic carbocycles. The monoisotopic (exact) mass is 261 g/mol. The highest BCUT2D eigenvalue weighted by atomic mass is 16.5. The molecule has 0 radical (unpaired) electrons. The summed E-state index contributed by atoms with van der Waals surface area (Å²) in [6, 6.07) is 8.49. The molecule has 0 aliphatic carbocycles. The number of rotatable bonds is 6. The van der Waals surface area contributed by atoms with Gasteiger partial charge in [0.2, 0.25) is 0 Å². The highest BCUT2D eigenvalue weighted by molar-refractivity contribution is 5.29. The SMILES string of the molecule is COc1cccc(CCNc2nc(C(C)C)no2)c1. The van der Waals surface area contributed by atoms with Crippen LogP contribution in [0.4, 0.5) is 6.01 Å². The third-order valence-electron chi connectivity index (χ3n) is 2.78. The smallest absolute Gasteiger partial charge is 0.321 e. The predicted octanol–water partition coefficient (Wildman–Crippen LogP) is 2.86. The van der Waals surface area contributed by atoms with Gasteiger partial charge in [-0.2, -0.15) is 4.98 Å². The van der Waals surface area contributed by atoms with Crippen molar-refractivity contribution in [1.29, 1.82) is 0 Å². The highest BCUT2D eigenvalue weighted by Gasteiger charge is 2.08. The fourth-order valence-corrected chi connectivity index (χ4v) is 1.68. The Morgan fingerprint density at radius 3 is 2.89 bits per heavy atom. The number of hydrogen-bond acceptors (Lipinski definition) is 5. The first kappa shape index (κ1) is 13.4.